The van der Waals surface area contributed by atoms with E-state index in [1.165, 1.54) is 12.1 Å². The molecule has 21 heavy (non-hydrogen) atoms. The van der Waals surface area contributed by atoms with Gasteiger partial charge in [-0.1, -0.05) is 6.92 Å². The van der Waals surface area contributed by atoms with Crippen molar-refractivity contribution in [3.05, 3.63) is 24.0 Å². The van der Waals surface area contributed by atoms with E-state index in [0.717, 1.165) is 6.07 Å². The summed E-state index contributed by atoms with van der Waals surface area (Å²) in [6, 6.07) is 3.54. The van der Waals surface area contributed by atoms with Gasteiger partial charge in [-0.15, -0.1) is 0 Å². The Morgan fingerprint density at radius 3 is 2.71 bits per heavy atom. The molecule has 1 heterocycles. The fraction of sp³-hybridized carbons (Fsp3) is 0.571. The Balaban J connectivity index is 2.12. The Hall–Kier alpha value is -1.50. The first kappa shape index (κ1) is 15.9. The third-order valence-corrected chi connectivity index (χ3v) is 3.52. The largest absolute Gasteiger partial charge is 0.484 e. The number of aliphatic hydroxyl groups is 1. The maximum atomic E-state index is 13.9. The summed E-state index contributed by atoms with van der Waals surface area (Å²) in [5, 5.41) is 9.67. The van der Waals surface area contributed by atoms with Crippen molar-refractivity contribution in [3.63, 3.8) is 0 Å². The molecule has 1 saturated heterocycles. The van der Waals surface area contributed by atoms with E-state index in [9.17, 15) is 22.7 Å². The minimum absolute atomic E-state index is 0.0255. The molecule has 1 aliphatic heterocycles. The second-order valence-corrected chi connectivity index (χ2v) is 5.30. The number of aliphatic hydroxyl groups excluding tert-OH is 1. The van der Waals surface area contributed by atoms with Gasteiger partial charge in [-0.05, 0) is 24.5 Å². The van der Waals surface area contributed by atoms with Gasteiger partial charge in [0.25, 0.3) is 0 Å². The van der Waals surface area contributed by atoms with Crippen LogP contribution in [-0.4, -0.2) is 37.1 Å². The number of anilines is 1. The highest BCUT2D eigenvalue weighted by Gasteiger charge is 2.29. The Bertz CT molecular complexity index is 492. The van der Waals surface area contributed by atoms with Crippen molar-refractivity contribution in [2.24, 2.45) is 5.92 Å². The van der Waals surface area contributed by atoms with Crippen molar-refractivity contribution in [2.45, 2.75) is 25.6 Å². The summed E-state index contributed by atoms with van der Waals surface area (Å²) >= 11 is 0. The highest BCUT2D eigenvalue weighted by atomic mass is 19.4. The first-order chi connectivity index (χ1) is 9.76. The van der Waals surface area contributed by atoms with E-state index in [2.05, 4.69) is 4.74 Å². The second kappa shape index (κ2) is 6.09. The third kappa shape index (κ3) is 4.23. The van der Waals surface area contributed by atoms with Crippen LogP contribution < -0.4 is 9.64 Å². The molecule has 0 saturated carbocycles. The van der Waals surface area contributed by atoms with Gasteiger partial charge in [0.2, 0.25) is 0 Å². The monoisotopic (exact) mass is 307 g/mol. The molecule has 0 aromatic heterocycles. The van der Waals surface area contributed by atoms with Crippen LogP contribution in [-0.2, 0) is 0 Å². The van der Waals surface area contributed by atoms with Gasteiger partial charge < -0.3 is 14.7 Å². The van der Waals surface area contributed by atoms with Crippen molar-refractivity contribution >= 4 is 5.69 Å². The summed E-state index contributed by atoms with van der Waals surface area (Å²) in [5.74, 6) is -0.571. The van der Waals surface area contributed by atoms with Crippen LogP contribution >= 0.6 is 0 Å². The summed E-state index contributed by atoms with van der Waals surface area (Å²) in [6.07, 6.45) is -4.37. The maximum Gasteiger partial charge on any atom is 0.422 e. The number of benzene rings is 1. The number of ether oxygens (including phenoxy) is 1. The molecule has 118 valence electrons. The lowest BCUT2D eigenvalue weighted by Gasteiger charge is -2.36. The lowest BCUT2D eigenvalue weighted by atomic mass is 9.96. The molecule has 1 fully saturated rings. The average molecular weight is 307 g/mol. The van der Waals surface area contributed by atoms with Crippen LogP contribution in [0.15, 0.2) is 18.2 Å². The van der Waals surface area contributed by atoms with Gasteiger partial charge in [0, 0.05) is 19.2 Å². The normalized spacial score (nSPS) is 23.2. The SMILES string of the molecule is C[C@@H]1CN(c2cc(OCC(F)(F)F)ccc2F)CC[C@@H]1O. The number of halogens is 4. The summed E-state index contributed by atoms with van der Waals surface area (Å²) in [7, 11) is 0. The quantitative estimate of drug-likeness (QED) is 0.872. The molecule has 0 radical (unpaired) electrons. The Labute approximate surface area is 120 Å². The fourth-order valence-corrected chi connectivity index (χ4v) is 2.34. The first-order valence-corrected chi connectivity index (χ1v) is 6.68. The molecule has 7 heteroatoms. The van der Waals surface area contributed by atoms with Crippen LogP contribution in [0.25, 0.3) is 0 Å². The van der Waals surface area contributed by atoms with Gasteiger partial charge >= 0.3 is 6.18 Å². The first-order valence-electron chi connectivity index (χ1n) is 6.68. The molecule has 0 unspecified atom stereocenters. The van der Waals surface area contributed by atoms with E-state index >= 15 is 0 Å². The van der Waals surface area contributed by atoms with E-state index in [4.69, 9.17) is 0 Å². The van der Waals surface area contributed by atoms with E-state index < -0.39 is 24.7 Å². The van der Waals surface area contributed by atoms with Crippen molar-refractivity contribution in [2.75, 3.05) is 24.6 Å². The van der Waals surface area contributed by atoms with Crippen LogP contribution in [0.1, 0.15) is 13.3 Å². The molecule has 1 aliphatic rings. The number of hydrogen-bond donors (Lipinski definition) is 1. The standard InChI is InChI=1S/C14H17F4NO2/c1-9-7-19(5-4-13(9)20)12-6-10(2-3-11(12)15)21-8-14(16,17)18/h2-3,6,9,13,20H,4-5,7-8H2,1H3/t9-,13+/m1/s1. The minimum atomic E-state index is -4.43. The molecule has 1 aromatic rings. The zero-order chi connectivity index (χ0) is 15.6. The van der Waals surface area contributed by atoms with Crippen molar-refractivity contribution in [1.29, 1.82) is 0 Å². The second-order valence-electron chi connectivity index (χ2n) is 5.30. The summed E-state index contributed by atoms with van der Waals surface area (Å²) in [6.45, 7) is 1.33. The van der Waals surface area contributed by atoms with Crippen LogP contribution in [0.5, 0.6) is 5.75 Å². The Kier molecular flexibility index (Phi) is 4.61. The minimum Gasteiger partial charge on any atom is -0.484 e. The van der Waals surface area contributed by atoms with Gasteiger partial charge in [0.05, 0.1) is 11.8 Å². The van der Waals surface area contributed by atoms with Crippen molar-refractivity contribution < 1.29 is 27.4 Å². The molecule has 0 bridgehead atoms. The highest BCUT2D eigenvalue weighted by Crippen LogP contribution is 2.30. The highest BCUT2D eigenvalue weighted by molar-refractivity contribution is 5.52. The number of piperidine rings is 1. The summed E-state index contributed by atoms with van der Waals surface area (Å²) < 4.78 is 54.9. The van der Waals surface area contributed by atoms with Gasteiger partial charge in [-0.2, -0.15) is 13.2 Å². The lowest BCUT2D eigenvalue weighted by Crippen LogP contribution is -2.42. The molecular formula is C14H17F4NO2. The molecule has 3 nitrogen and oxygen atoms in total. The van der Waals surface area contributed by atoms with Crippen LogP contribution in [0.2, 0.25) is 0 Å². The molecule has 1 N–H and O–H groups in total. The van der Waals surface area contributed by atoms with E-state index in [0.29, 0.717) is 19.5 Å². The van der Waals surface area contributed by atoms with Gasteiger partial charge in [0.1, 0.15) is 11.6 Å². The predicted molar refractivity (Wildman–Crippen MR) is 70.0 cm³/mol. The average Bonchev–Trinajstić information content (AvgIpc) is 2.40. The Morgan fingerprint density at radius 1 is 1.38 bits per heavy atom. The number of alkyl halides is 3. The number of rotatable bonds is 3. The van der Waals surface area contributed by atoms with Crippen LogP contribution in [0, 0.1) is 11.7 Å². The van der Waals surface area contributed by atoms with Crippen LogP contribution in [0.3, 0.4) is 0 Å². The van der Waals surface area contributed by atoms with E-state index in [1.54, 1.807) is 4.90 Å². The lowest BCUT2D eigenvalue weighted by molar-refractivity contribution is -0.153. The molecule has 1 aromatic carbocycles. The molecule has 0 spiro atoms. The van der Waals surface area contributed by atoms with Gasteiger partial charge in [-0.25, -0.2) is 4.39 Å². The molecule has 2 atom stereocenters. The van der Waals surface area contributed by atoms with Gasteiger partial charge in [-0.3, -0.25) is 0 Å². The number of nitrogens with zero attached hydrogens (tertiary/aromatic N) is 1. The maximum absolute atomic E-state index is 13.9. The van der Waals surface area contributed by atoms with E-state index in [-0.39, 0.29) is 17.4 Å². The van der Waals surface area contributed by atoms with E-state index in [1.807, 2.05) is 6.92 Å². The fourth-order valence-electron chi connectivity index (χ4n) is 2.34. The van der Waals surface area contributed by atoms with Crippen molar-refractivity contribution in [1.82, 2.24) is 0 Å². The Morgan fingerprint density at radius 2 is 2.10 bits per heavy atom. The molecular weight excluding hydrogens is 290 g/mol. The zero-order valence-corrected chi connectivity index (χ0v) is 11.5. The third-order valence-electron chi connectivity index (χ3n) is 3.52. The summed E-state index contributed by atoms with van der Waals surface area (Å²) in [4.78, 5) is 1.72. The molecule has 0 aliphatic carbocycles. The molecule has 0 amide bonds. The van der Waals surface area contributed by atoms with Gasteiger partial charge in [0.15, 0.2) is 6.61 Å². The summed E-state index contributed by atoms with van der Waals surface area (Å²) in [5.41, 5.74) is 0.202. The van der Waals surface area contributed by atoms with Crippen molar-refractivity contribution in [3.8, 4) is 5.75 Å². The molecule has 2 rings (SSSR count). The number of hydrogen-bond acceptors (Lipinski definition) is 3. The predicted octanol–water partition coefficient (Wildman–Crippen LogP) is 2.97. The topological polar surface area (TPSA) is 32.7 Å². The van der Waals surface area contributed by atoms with Crippen LogP contribution in [0.4, 0.5) is 23.2 Å². The smallest absolute Gasteiger partial charge is 0.422 e. The zero-order valence-electron chi connectivity index (χ0n) is 11.5.